The van der Waals surface area contributed by atoms with Gasteiger partial charge < -0.3 is 0 Å². The van der Waals surface area contributed by atoms with Crippen molar-refractivity contribution in [3.63, 3.8) is 0 Å². The number of hydrogen-bond donors (Lipinski definition) is 3. The Hall–Kier alpha value is -1.10. The molecule has 1 aliphatic carbocycles. The number of aryl methyl sites for hydroxylation is 1. The summed E-state index contributed by atoms with van der Waals surface area (Å²) in [5.74, 6) is 0.190. The van der Waals surface area contributed by atoms with Gasteiger partial charge in [-0.3, -0.25) is 10.2 Å². The highest BCUT2D eigenvalue weighted by atomic mass is 32.2. The van der Waals surface area contributed by atoms with E-state index in [4.69, 9.17) is 0 Å². The van der Waals surface area contributed by atoms with Crippen LogP contribution < -0.4 is 15.6 Å². The third-order valence-electron chi connectivity index (χ3n) is 4.43. The predicted octanol–water partition coefficient (Wildman–Crippen LogP) is 1.36. The largest absolute Gasteiger partial charge is 0.287 e. The summed E-state index contributed by atoms with van der Waals surface area (Å²) < 4.78 is 30.2. The maximum atomic E-state index is 12.2. The Labute approximate surface area is 153 Å². The van der Waals surface area contributed by atoms with E-state index in [0.29, 0.717) is 23.0 Å². The Morgan fingerprint density at radius 2 is 1.88 bits per heavy atom. The summed E-state index contributed by atoms with van der Waals surface area (Å²) in [6, 6.07) is 0.000910. The van der Waals surface area contributed by atoms with E-state index in [1.54, 1.807) is 27.7 Å². The summed E-state index contributed by atoms with van der Waals surface area (Å²) in [6.45, 7) is 7.52. The van der Waals surface area contributed by atoms with Crippen LogP contribution in [-0.2, 0) is 10.0 Å². The van der Waals surface area contributed by atoms with Crippen molar-refractivity contribution in [2.75, 3.05) is 6.54 Å². The number of hydrazine groups is 1. The molecule has 0 bridgehead atoms. The zero-order chi connectivity index (χ0) is 18.7. The van der Waals surface area contributed by atoms with Gasteiger partial charge in [-0.25, -0.2) is 18.6 Å². The third-order valence-corrected chi connectivity index (χ3v) is 7.51. The first-order valence-electron chi connectivity index (χ1n) is 8.44. The first-order chi connectivity index (χ1) is 11.6. The summed E-state index contributed by atoms with van der Waals surface area (Å²) in [5.41, 5.74) is 6.26. The second kappa shape index (κ2) is 8.07. The fraction of sp³-hybridized carbons (Fsp3) is 0.800. The lowest BCUT2D eigenvalue weighted by Crippen LogP contribution is -2.47. The molecule has 0 radical (unpaired) electrons. The summed E-state index contributed by atoms with van der Waals surface area (Å²) in [4.78, 5) is 12.5. The van der Waals surface area contributed by atoms with Gasteiger partial charge in [0.15, 0.2) is 0 Å². The number of hydrogen-bond acceptors (Lipinski definition) is 7. The average molecular weight is 390 g/mol. The van der Waals surface area contributed by atoms with Gasteiger partial charge >= 0.3 is 0 Å². The minimum absolute atomic E-state index is 0.000910. The highest BCUT2D eigenvalue weighted by molar-refractivity contribution is 7.90. The molecule has 1 aromatic rings. The van der Waals surface area contributed by atoms with Gasteiger partial charge in [0, 0.05) is 12.6 Å². The first kappa shape index (κ1) is 20.2. The Balaban J connectivity index is 1.71. The smallest absolute Gasteiger partial charge is 0.279 e. The molecule has 142 valence electrons. The summed E-state index contributed by atoms with van der Waals surface area (Å²) in [7, 11) is -3.31. The lowest BCUT2D eigenvalue weighted by Gasteiger charge is -2.31. The normalized spacial score (nSPS) is 21.9. The van der Waals surface area contributed by atoms with Gasteiger partial charge in [0.2, 0.25) is 10.0 Å². The Morgan fingerprint density at radius 1 is 1.24 bits per heavy atom. The third kappa shape index (κ3) is 5.44. The van der Waals surface area contributed by atoms with Gasteiger partial charge in [-0.15, -0.1) is 5.10 Å². The number of carbonyl (C=O) groups excluding carboxylic acids is 1. The molecule has 1 heterocycles. The van der Waals surface area contributed by atoms with Crippen LogP contribution in [0.5, 0.6) is 0 Å². The van der Waals surface area contributed by atoms with Crippen LogP contribution in [0.4, 0.5) is 0 Å². The summed E-state index contributed by atoms with van der Waals surface area (Å²) >= 11 is 1.07. The van der Waals surface area contributed by atoms with E-state index in [-0.39, 0.29) is 11.9 Å². The van der Waals surface area contributed by atoms with Crippen LogP contribution in [0.15, 0.2) is 0 Å². The fourth-order valence-corrected chi connectivity index (χ4v) is 4.23. The Bertz CT molecular complexity index is 688. The topological polar surface area (TPSA) is 113 Å². The fourth-order valence-electron chi connectivity index (χ4n) is 2.65. The zero-order valence-corrected chi connectivity index (χ0v) is 16.8. The minimum Gasteiger partial charge on any atom is -0.287 e. The Morgan fingerprint density at radius 3 is 2.40 bits per heavy atom. The summed E-state index contributed by atoms with van der Waals surface area (Å²) in [6.07, 6.45) is 3.46. The molecule has 8 nitrogen and oxygen atoms in total. The van der Waals surface area contributed by atoms with E-state index in [1.807, 2.05) is 0 Å². The van der Waals surface area contributed by atoms with E-state index >= 15 is 0 Å². The van der Waals surface area contributed by atoms with Crippen LogP contribution >= 0.6 is 11.5 Å². The second-order valence-electron chi connectivity index (χ2n) is 7.47. The minimum atomic E-state index is -3.31. The number of carbonyl (C=O) groups is 1. The molecular weight excluding hydrogens is 362 g/mol. The number of sulfonamides is 1. The van der Waals surface area contributed by atoms with E-state index in [2.05, 4.69) is 25.2 Å². The molecule has 1 saturated carbocycles. The molecule has 0 unspecified atom stereocenters. The summed E-state index contributed by atoms with van der Waals surface area (Å²) in [5, 5.41) is 3.81. The molecule has 0 atom stereocenters. The molecule has 0 saturated heterocycles. The predicted molar refractivity (Wildman–Crippen MR) is 97.7 cm³/mol. The maximum absolute atomic E-state index is 12.2. The molecule has 0 aliphatic heterocycles. The lowest BCUT2D eigenvalue weighted by molar-refractivity contribution is 0.0931. The molecule has 3 N–H and O–H groups in total. The van der Waals surface area contributed by atoms with Crippen LogP contribution in [0, 0.1) is 12.8 Å². The van der Waals surface area contributed by atoms with Gasteiger partial charge in [0.1, 0.15) is 4.88 Å². The number of nitrogens with zero attached hydrogens (tertiary/aromatic N) is 2. The second-order valence-corrected chi connectivity index (χ2v) is 10.7. The van der Waals surface area contributed by atoms with Crippen molar-refractivity contribution in [3.05, 3.63) is 10.6 Å². The standard InChI is InChI=1S/C15H27N5O3S2/c1-10-13(24-20-17-10)14(21)18-16-9-11-5-7-12(8-6-11)19-25(22,23)15(2,3)4/h11-12,16,19H,5-9H2,1-4H3,(H,18,21)/t11-,12-. The average Bonchev–Trinajstić information content (AvgIpc) is 2.93. The van der Waals surface area contributed by atoms with E-state index < -0.39 is 14.8 Å². The molecule has 2 rings (SSSR count). The van der Waals surface area contributed by atoms with E-state index in [1.165, 1.54) is 0 Å². The van der Waals surface area contributed by atoms with Crippen molar-refractivity contribution in [2.45, 2.75) is 64.2 Å². The first-order valence-corrected chi connectivity index (χ1v) is 10.7. The van der Waals surface area contributed by atoms with Crippen LogP contribution in [0.2, 0.25) is 0 Å². The SMILES string of the molecule is Cc1nnsc1C(=O)NNC[C@H]1CC[C@H](NS(=O)(=O)C(C)(C)C)CC1. The number of amides is 1. The van der Waals surface area contributed by atoms with Crippen molar-refractivity contribution < 1.29 is 13.2 Å². The molecule has 25 heavy (non-hydrogen) atoms. The van der Waals surface area contributed by atoms with Gasteiger partial charge in [-0.1, -0.05) is 4.49 Å². The van der Waals surface area contributed by atoms with Crippen LogP contribution in [0.1, 0.15) is 61.8 Å². The molecular formula is C15H27N5O3S2. The Kier molecular flexibility index (Phi) is 6.52. The zero-order valence-electron chi connectivity index (χ0n) is 15.1. The lowest BCUT2D eigenvalue weighted by atomic mass is 9.86. The van der Waals surface area contributed by atoms with Crippen LogP contribution in [-0.4, -0.2) is 41.2 Å². The molecule has 1 aliphatic rings. The van der Waals surface area contributed by atoms with E-state index in [0.717, 1.165) is 37.2 Å². The van der Waals surface area contributed by atoms with Crippen molar-refractivity contribution in [2.24, 2.45) is 5.92 Å². The highest BCUT2D eigenvalue weighted by Gasteiger charge is 2.32. The molecule has 1 aromatic heterocycles. The van der Waals surface area contributed by atoms with Gasteiger partial charge in [0.05, 0.1) is 10.4 Å². The molecule has 0 aromatic carbocycles. The van der Waals surface area contributed by atoms with Gasteiger partial charge in [-0.05, 0) is 70.8 Å². The molecule has 0 spiro atoms. The molecule has 1 fully saturated rings. The van der Waals surface area contributed by atoms with Crippen molar-refractivity contribution >= 4 is 27.5 Å². The van der Waals surface area contributed by atoms with Crippen molar-refractivity contribution in [3.8, 4) is 0 Å². The van der Waals surface area contributed by atoms with E-state index in [9.17, 15) is 13.2 Å². The number of rotatable bonds is 6. The van der Waals surface area contributed by atoms with Gasteiger partial charge in [0.25, 0.3) is 5.91 Å². The van der Waals surface area contributed by atoms with Crippen LogP contribution in [0.3, 0.4) is 0 Å². The van der Waals surface area contributed by atoms with Crippen LogP contribution in [0.25, 0.3) is 0 Å². The maximum Gasteiger partial charge on any atom is 0.279 e. The van der Waals surface area contributed by atoms with Gasteiger partial charge in [-0.2, -0.15) is 0 Å². The molecule has 10 heteroatoms. The quantitative estimate of drug-likeness (QED) is 0.633. The van der Waals surface area contributed by atoms with Crippen molar-refractivity contribution in [1.29, 1.82) is 0 Å². The number of aromatic nitrogens is 2. The number of nitrogens with one attached hydrogen (secondary N) is 3. The monoisotopic (exact) mass is 389 g/mol. The highest BCUT2D eigenvalue weighted by Crippen LogP contribution is 2.25. The molecule has 1 amide bonds. The van der Waals surface area contributed by atoms with Crippen molar-refractivity contribution in [1.82, 2.24) is 25.2 Å².